The number of nitrogen functional groups attached to an aromatic ring is 1. The number of rotatable bonds is 5. The number of anilines is 2. The van der Waals surface area contributed by atoms with E-state index in [9.17, 15) is 9.59 Å². The molecule has 0 atom stereocenters. The number of benzene rings is 1. The molecule has 0 saturated heterocycles. The van der Waals surface area contributed by atoms with E-state index >= 15 is 0 Å². The number of aryl methyl sites for hydroxylation is 1. The van der Waals surface area contributed by atoms with E-state index in [2.05, 4.69) is 15.3 Å². The molecule has 0 aliphatic rings. The van der Waals surface area contributed by atoms with Crippen LogP contribution in [-0.2, 0) is 4.79 Å². The molecular formula is C15H16N4O2S. The molecule has 0 radical (unpaired) electrons. The minimum Gasteiger partial charge on any atom is -0.384 e. The SMILES string of the molecule is CC(=O)c1ccccc1NC(=O)CSc1nc(C)cc(N)n1. The summed E-state index contributed by atoms with van der Waals surface area (Å²) in [6.45, 7) is 3.27. The quantitative estimate of drug-likeness (QED) is 0.499. The van der Waals surface area contributed by atoms with Crippen molar-refractivity contribution in [1.29, 1.82) is 0 Å². The van der Waals surface area contributed by atoms with Gasteiger partial charge in [-0.2, -0.15) is 0 Å². The van der Waals surface area contributed by atoms with Gasteiger partial charge in [-0.25, -0.2) is 9.97 Å². The van der Waals surface area contributed by atoms with Gasteiger partial charge in [-0.1, -0.05) is 23.9 Å². The van der Waals surface area contributed by atoms with Gasteiger partial charge in [0.1, 0.15) is 5.82 Å². The number of hydrogen-bond acceptors (Lipinski definition) is 6. The summed E-state index contributed by atoms with van der Waals surface area (Å²) in [7, 11) is 0. The van der Waals surface area contributed by atoms with Gasteiger partial charge < -0.3 is 11.1 Å². The van der Waals surface area contributed by atoms with Crippen molar-refractivity contribution in [2.75, 3.05) is 16.8 Å². The van der Waals surface area contributed by atoms with Crippen molar-refractivity contribution in [1.82, 2.24) is 9.97 Å². The van der Waals surface area contributed by atoms with Crippen LogP contribution in [0.1, 0.15) is 23.0 Å². The van der Waals surface area contributed by atoms with Crippen molar-refractivity contribution in [2.24, 2.45) is 0 Å². The summed E-state index contributed by atoms with van der Waals surface area (Å²) in [6, 6.07) is 8.55. The maximum Gasteiger partial charge on any atom is 0.234 e. The van der Waals surface area contributed by atoms with Crippen LogP contribution in [0, 0.1) is 6.92 Å². The Morgan fingerprint density at radius 2 is 2.00 bits per heavy atom. The fourth-order valence-corrected chi connectivity index (χ4v) is 2.56. The largest absolute Gasteiger partial charge is 0.384 e. The van der Waals surface area contributed by atoms with Gasteiger partial charge in [-0.3, -0.25) is 9.59 Å². The Bertz CT molecular complexity index is 698. The highest BCUT2D eigenvalue weighted by atomic mass is 32.2. The molecule has 3 N–H and O–H groups in total. The van der Waals surface area contributed by atoms with Crippen LogP contribution in [0.5, 0.6) is 0 Å². The van der Waals surface area contributed by atoms with Crippen LogP contribution in [0.4, 0.5) is 11.5 Å². The second-order valence-electron chi connectivity index (χ2n) is 4.66. The predicted octanol–water partition coefficient (Wildman–Crippen LogP) is 2.30. The molecule has 1 aromatic heterocycles. The Morgan fingerprint density at radius 3 is 2.68 bits per heavy atom. The summed E-state index contributed by atoms with van der Waals surface area (Å²) in [6.07, 6.45) is 0. The number of nitrogens with one attached hydrogen (secondary N) is 1. The molecule has 0 aliphatic heterocycles. The number of amides is 1. The lowest BCUT2D eigenvalue weighted by atomic mass is 10.1. The number of nitrogens with zero attached hydrogens (tertiary/aromatic N) is 2. The standard InChI is InChI=1S/C15H16N4O2S/c1-9-7-13(16)19-15(17-9)22-8-14(21)18-12-6-4-3-5-11(12)10(2)20/h3-7H,8H2,1-2H3,(H,18,21)(H2,16,17,19). The van der Waals surface area contributed by atoms with Crippen LogP contribution < -0.4 is 11.1 Å². The van der Waals surface area contributed by atoms with Crippen molar-refractivity contribution in [3.8, 4) is 0 Å². The summed E-state index contributed by atoms with van der Waals surface area (Å²) in [4.78, 5) is 31.8. The van der Waals surface area contributed by atoms with Gasteiger partial charge in [0.2, 0.25) is 5.91 Å². The van der Waals surface area contributed by atoms with Gasteiger partial charge in [0.15, 0.2) is 10.9 Å². The first-order chi connectivity index (χ1) is 10.5. The number of para-hydroxylation sites is 1. The molecule has 0 spiro atoms. The molecule has 22 heavy (non-hydrogen) atoms. The molecule has 1 heterocycles. The van der Waals surface area contributed by atoms with Crippen LogP contribution in [0.25, 0.3) is 0 Å². The van der Waals surface area contributed by atoms with E-state index in [1.807, 2.05) is 6.92 Å². The molecule has 0 bridgehead atoms. The van der Waals surface area contributed by atoms with Gasteiger partial charge in [-0.05, 0) is 26.0 Å². The third-order valence-corrected chi connectivity index (χ3v) is 3.61. The molecule has 0 unspecified atom stereocenters. The second-order valence-corrected chi connectivity index (χ2v) is 5.60. The van der Waals surface area contributed by atoms with Crippen LogP contribution in [-0.4, -0.2) is 27.4 Å². The molecule has 6 nitrogen and oxygen atoms in total. The predicted molar refractivity (Wildman–Crippen MR) is 87.0 cm³/mol. The van der Waals surface area contributed by atoms with Gasteiger partial charge in [-0.15, -0.1) is 0 Å². The van der Waals surface area contributed by atoms with Crippen LogP contribution in [0.15, 0.2) is 35.5 Å². The first-order valence-corrected chi connectivity index (χ1v) is 7.58. The summed E-state index contributed by atoms with van der Waals surface area (Å²) >= 11 is 1.19. The average molecular weight is 316 g/mol. The lowest BCUT2D eigenvalue weighted by Gasteiger charge is -2.08. The smallest absolute Gasteiger partial charge is 0.234 e. The van der Waals surface area contributed by atoms with E-state index in [0.29, 0.717) is 22.2 Å². The maximum atomic E-state index is 12.0. The zero-order valence-corrected chi connectivity index (χ0v) is 13.1. The number of thioether (sulfide) groups is 1. The van der Waals surface area contributed by atoms with Gasteiger partial charge in [0.25, 0.3) is 0 Å². The normalized spacial score (nSPS) is 10.3. The van der Waals surface area contributed by atoms with E-state index in [-0.39, 0.29) is 17.4 Å². The molecule has 2 rings (SSSR count). The number of hydrogen-bond donors (Lipinski definition) is 2. The van der Waals surface area contributed by atoms with E-state index in [4.69, 9.17) is 5.73 Å². The van der Waals surface area contributed by atoms with Crippen molar-refractivity contribution in [3.63, 3.8) is 0 Å². The number of aromatic nitrogens is 2. The van der Waals surface area contributed by atoms with Crippen molar-refractivity contribution >= 4 is 35.0 Å². The van der Waals surface area contributed by atoms with Gasteiger partial charge >= 0.3 is 0 Å². The van der Waals surface area contributed by atoms with Crippen molar-refractivity contribution < 1.29 is 9.59 Å². The Hall–Kier alpha value is -2.41. The summed E-state index contributed by atoms with van der Waals surface area (Å²) in [5.41, 5.74) is 7.38. The van der Waals surface area contributed by atoms with Crippen LogP contribution >= 0.6 is 11.8 Å². The van der Waals surface area contributed by atoms with E-state index < -0.39 is 0 Å². The van der Waals surface area contributed by atoms with E-state index in [1.54, 1.807) is 30.3 Å². The number of ketones is 1. The Balaban J connectivity index is 2.00. The molecule has 2 aromatic rings. The minimum absolute atomic E-state index is 0.0988. The maximum absolute atomic E-state index is 12.0. The fraction of sp³-hybridized carbons (Fsp3) is 0.200. The lowest BCUT2D eigenvalue weighted by molar-refractivity contribution is -0.113. The molecule has 114 valence electrons. The van der Waals surface area contributed by atoms with Crippen molar-refractivity contribution in [2.45, 2.75) is 19.0 Å². The zero-order chi connectivity index (χ0) is 16.1. The van der Waals surface area contributed by atoms with Crippen molar-refractivity contribution in [3.05, 3.63) is 41.6 Å². The zero-order valence-electron chi connectivity index (χ0n) is 12.3. The van der Waals surface area contributed by atoms with E-state index in [1.165, 1.54) is 18.7 Å². The highest BCUT2D eigenvalue weighted by molar-refractivity contribution is 7.99. The molecule has 7 heteroatoms. The second kappa shape index (κ2) is 7.04. The lowest BCUT2D eigenvalue weighted by Crippen LogP contribution is -2.16. The molecule has 0 fully saturated rings. The summed E-state index contributed by atoms with van der Waals surface area (Å²) < 4.78 is 0. The Labute approximate surface area is 132 Å². The fourth-order valence-electron chi connectivity index (χ4n) is 1.84. The average Bonchev–Trinajstić information content (AvgIpc) is 2.44. The van der Waals surface area contributed by atoms with Gasteiger partial charge in [0, 0.05) is 17.3 Å². The summed E-state index contributed by atoms with van der Waals surface area (Å²) in [5.74, 6) is 0.174. The molecule has 1 amide bonds. The third-order valence-electron chi connectivity index (χ3n) is 2.77. The molecule has 0 aliphatic carbocycles. The number of carbonyl (C=O) groups excluding carboxylic acids is 2. The van der Waals surface area contributed by atoms with Crippen LogP contribution in [0.2, 0.25) is 0 Å². The van der Waals surface area contributed by atoms with Crippen LogP contribution in [0.3, 0.4) is 0 Å². The first kappa shape index (κ1) is 16.0. The molecule has 0 saturated carbocycles. The highest BCUT2D eigenvalue weighted by Gasteiger charge is 2.11. The Morgan fingerprint density at radius 1 is 1.27 bits per heavy atom. The van der Waals surface area contributed by atoms with Gasteiger partial charge in [0.05, 0.1) is 11.4 Å². The number of nitrogens with two attached hydrogens (primary N) is 1. The minimum atomic E-state index is -0.234. The molecule has 1 aromatic carbocycles. The highest BCUT2D eigenvalue weighted by Crippen LogP contribution is 2.18. The monoisotopic (exact) mass is 316 g/mol. The Kier molecular flexibility index (Phi) is 5.11. The third kappa shape index (κ3) is 4.29. The topological polar surface area (TPSA) is 98.0 Å². The van der Waals surface area contributed by atoms with E-state index in [0.717, 1.165) is 5.69 Å². The first-order valence-electron chi connectivity index (χ1n) is 6.59. The number of carbonyl (C=O) groups is 2. The number of Topliss-reactive ketones (excluding diaryl/α,β-unsaturated/α-hetero) is 1. The molecular weight excluding hydrogens is 300 g/mol. The summed E-state index contributed by atoms with van der Waals surface area (Å²) in [5, 5.41) is 3.18.